The van der Waals surface area contributed by atoms with Crippen molar-refractivity contribution in [1.82, 2.24) is 10.2 Å². The van der Waals surface area contributed by atoms with Crippen LogP contribution in [0.1, 0.15) is 38.5 Å². The number of aliphatic hydroxyl groups excluding tert-OH is 2. The van der Waals surface area contributed by atoms with E-state index in [1.165, 1.54) is 51.6 Å². The molecule has 0 spiro atoms. The average molecular weight is 244 g/mol. The smallest absolute Gasteiger partial charge is 0.0897 e. The largest absolute Gasteiger partial charge is 0.394 e. The number of likely N-dealkylation sites (tertiary alicyclic amines) is 1. The molecule has 0 aromatic carbocycles. The third-order valence-corrected chi connectivity index (χ3v) is 3.34. The van der Waals surface area contributed by atoms with Crippen LogP contribution in [-0.2, 0) is 0 Å². The minimum Gasteiger partial charge on any atom is -0.394 e. The minimum atomic E-state index is -0.548. The minimum absolute atomic E-state index is 0.115. The summed E-state index contributed by atoms with van der Waals surface area (Å²) in [7, 11) is 0. The van der Waals surface area contributed by atoms with Crippen molar-refractivity contribution in [2.75, 3.05) is 39.3 Å². The Morgan fingerprint density at radius 3 is 1.94 bits per heavy atom. The highest BCUT2D eigenvalue weighted by atomic mass is 16.3. The van der Waals surface area contributed by atoms with Gasteiger partial charge in [0, 0.05) is 6.54 Å². The predicted octanol–water partition coefficient (Wildman–Crippen LogP) is 0.585. The Hall–Kier alpha value is -0.160. The molecule has 0 saturated carbocycles. The number of nitrogens with zero attached hydrogens (tertiary/aromatic N) is 1. The van der Waals surface area contributed by atoms with Crippen LogP contribution in [0.5, 0.6) is 0 Å². The molecule has 4 nitrogen and oxygen atoms in total. The fraction of sp³-hybridized carbons (Fsp3) is 1.00. The zero-order valence-electron chi connectivity index (χ0n) is 10.9. The van der Waals surface area contributed by atoms with Crippen LogP contribution in [0, 0.1) is 0 Å². The van der Waals surface area contributed by atoms with E-state index in [9.17, 15) is 0 Å². The Morgan fingerprint density at radius 2 is 1.53 bits per heavy atom. The van der Waals surface area contributed by atoms with Crippen LogP contribution in [0.25, 0.3) is 0 Å². The predicted molar refractivity (Wildman–Crippen MR) is 70.1 cm³/mol. The lowest BCUT2D eigenvalue weighted by molar-refractivity contribution is 0.0533. The van der Waals surface area contributed by atoms with Crippen LogP contribution in [0.3, 0.4) is 0 Å². The first-order valence-electron chi connectivity index (χ1n) is 7.05. The van der Waals surface area contributed by atoms with Gasteiger partial charge in [-0.15, -0.1) is 0 Å². The molecule has 2 heterocycles. The first-order valence-corrected chi connectivity index (χ1v) is 7.05. The van der Waals surface area contributed by atoms with E-state index in [4.69, 9.17) is 10.2 Å². The van der Waals surface area contributed by atoms with E-state index in [-0.39, 0.29) is 6.61 Å². The summed E-state index contributed by atoms with van der Waals surface area (Å²) < 4.78 is 0. The van der Waals surface area contributed by atoms with Crippen molar-refractivity contribution < 1.29 is 10.2 Å². The van der Waals surface area contributed by atoms with Gasteiger partial charge in [-0.05, 0) is 51.9 Å². The molecule has 0 radical (unpaired) electrons. The number of hydrogen-bond acceptors (Lipinski definition) is 4. The van der Waals surface area contributed by atoms with E-state index in [0.29, 0.717) is 6.54 Å². The topological polar surface area (TPSA) is 55.7 Å². The van der Waals surface area contributed by atoms with Gasteiger partial charge in [-0.25, -0.2) is 0 Å². The quantitative estimate of drug-likeness (QED) is 0.680. The van der Waals surface area contributed by atoms with E-state index in [1.807, 2.05) is 0 Å². The van der Waals surface area contributed by atoms with Crippen LogP contribution < -0.4 is 5.32 Å². The SMILES string of the molecule is C1CCNCC1.OCC(O)CN1CCCCC1. The van der Waals surface area contributed by atoms with Gasteiger partial charge in [0.05, 0.1) is 12.7 Å². The molecule has 0 amide bonds. The lowest BCUT2D eigenvalue weighted by atomic mass is 10.1. The summed E-state index contributed by atoms with van der Waals surface area (Å²) in [5.74, 6) is 0. The number of hydrogen-bond donors (Lipinski definition) is 3. The van der Waals surface area contributed by atoms with Crippen molar-refractivity contribution in [1.29, 1.82) is 0 Å². The second-order valence-electron chi connectivity index (χ2n) is 5.01. The number of β-amino-alcohol motifs (C(OH)–C–C–N with tert-alkyl or cyclic N) is 1. The maximum absolute atomic E-state index is 9.12. The van der Waals surface area contributed by atoms with E-state index >= 15 is 0 Å². The van der Waals surface area contributed by atoms with E-state index < -0.39 is 6.10 Å². The van der Waals surface area contributed by atoms with E-state index in [0.717, 1.165) is 13.1 Å². The molecule has 2 saturated heterocycles. The molecule has 2 aliphatic rings. The first-order chi connectivity index (χ1) is 8.33. The summed E-state index contributed by atoms with van der Waals surface area (Å²) in [5.41, 5.74) is 0. The van der Waals surface area contributed by atoms with Crippen molar-refractivity contribution in [2.45, 2.75) is 44.6 Å². The molecule has 102 valence electrons. The van der Waals surface area contributed by atoms with Crippen molar-refractivity contribution in [3.63, 3.8) is 0 Å². The highest BCUT2D eigenvalue weighted by Crippen LogP contribution is 2.08. The van der Waals surface area contributed by atoms with Gasteiger partial charge in [-0.2, -0.15) is 0 Å². The summed E-state index contributed by atoms with van der Waals surface area (Å²) in [6, 6.07) is 0. The highest BCUT2D eigenvalue weighted by Gasteiger charge is 2.13. The molecule has 0 bridgehead atoms. The van der Waals surface area contributed by atoms with Gasteiger partial charge in [0.25, 0.3) is 0 Å². The summed E-state index contributed by atoms with van der Waals surface area (Å²) in [5, 5.41) is 21.0. The Kier molecular flexibility index (Phi) is 8.61. The normalized spacial score (nSPS) is 23.6. The summed E-state index contributed by atoms with van der Waals surface area (Å²) >= 11 is 0. The van der Waals surface area contributed by atoms with Crippen molar-refractivity contribution >= 4 is 0 Å². The van der Waals surface area contributed by atoms with Gasteiger partial charge in [0.1, 0.15) is 0 Å². The molecule has 0 aliphatic carbocycles. The molecular weight excluding hydrogens is 216 g/mol. The molecule has 0 aromatic rings. The lowest BCUT2D eigenvalue weighted by Gasteiger charge is -2.27. The summed E-state index contributed by atoms with van der Waals surface area (Å²) in [6.07, 6.45) is 7.45. The molecule has 17 heavy (non-hydrogen) atoms. The van der Waals surface area contributed by atoms with Crippen molar-refractivity contribution in [3.8, 4) is 0 Å². The molecule has 2 fully saturated rings. The fourth-order valence-corrected chi connectivity index (χ4v) is 2.30. The number of rotatable bonds is 3. The maximum atomic E-state index is 9.12. The Morgan fingerprint density at radius 1 is 0.941 bits per heavy atom. The van der Waals surface area contributed by atoms with E-state index in [1.54, 1.807) is 0 Å². The van der Waals surface area contributed by atoms with Crippen LogP contribution in [0.4, 0.5) is 0 Å². The number of piperidine rings is 2. The van der Waals surface area contributed by atoms with Crippen LogP contribution in [0.15, 0.2) is 0 Å². The van der Waals surface area contributed by atoms with Crippen LogP contribution in [0.2, 0.25) is 0 Å². The van der Waals surface area contributed by atoms with Gasteiger partial charge in [0.2, 0.25) is 0 Å². The van der Waals surface area contributed by atoms with Gasteiger partial charge < -0.3 is 20.4 Å². The zero-order chi connectivity index (χ0) is 12.3. The third kappa shape index (κ3) is 7.71. The van der Waals surface area contributed by atoms with Crippen molar-refractivity contribution in [2.24, 2.45) is 0 Å². The Bertz CT molecular complexity index is 157. The van der Waals surface area contributed by atoms with Gasteiger partial charge in [-0.1, -0.05) is 12.8 Å². The number of nitrogens with one attached hydrogen (secondary N) is 1. The van der Waals surface area contributed by atoms with Gasteiger partial charge in [0.15, 0.2) is 0 Å². The van der Waals surface area contributed by atoms with Crippen LogP contribution in [-0.4, -0.2) is 60.5 Å². The monoisotopic (exact) mass is 244 g/mol. The highest BCUT2D eigenvalue weighted by molar-refractivity contribution is 4.67. The molecule has 2 aliphatic heterocycles. The lowest BCUT2D eigenvalue weighted by Crippen LogP contribution is -2.37. The Labute approximate surface area is 105 Å². The third-order valence-electron chi connectivity index (χ3n) is 3.34. The zero-order valence-corrected chi connectivity index (χ0v) is 10.9. The molecule has 4 heteroatoms. The van der Waals surface area contributed by atoms with Gasteiger partial charge >= 0.3 is 0 Å². The summed E-state index contributed by atoms with van der Waals surface area (Å²) in [4.78, 5) is 2.21. The molecule has 3 N–H and O–H groups in total. The summed E-state index contributed by atoms with van der Waals surface area (Å²) in [6.45, 7) is 5.18. The molecule has 0 aromatic heterocycles. The standard InChI is InChI=1S/C8H17NO2.C5H11N/c10-7-8(11)6-9-4-2-1-3-5-9;1-2-4-6-5-3-1/h8,10-11H,1-7H2;6H,1-5H2. The molecular formula is C13H28N2O2. The molecule has 2 rings (SSSR count). The van der Waals surface area contributed by atoms with Gasteiger partial charge in [-0.3, -0.25) is 0 Å². The van der Waals surface area contributed by atoms with E-state index in [2.05, 4.69) is 10.2 Å². The molecule has 1 unspecified atom stereocenters. The number of aliphatic hydroxyl groups is 2. The maximum Gasteiger partial charge on any atom is 0.0897 e. The second-order valence-corrected chi connectivity index (χ2v) is 5.01. The average Bonchev–Trinajstić information content (AvgIpc) is 2.42. The van der Waals surface area contributed by atoms with Crippen LogP contribution >= 0.6 is 0 Å². The first kappa shape index (κ1) is 14.9. The molecule has 1 atom stereocenters. The fourth-order valence-electron chi connectivity index (χ4n) is 2.30. The van der Waals surface area contributed by atoms with Crippen molar-refractivity contribution in [3.05, 3.63) is 0 Å². The second kappa shape index (κ2) is 9.83. The Balaban J connectivity index is 0.000000202.